The molecule has 0 atom stereocenters. The van der Waals surface area contributed by atoms with E-state index in [0.29, 0.717) is 48.7 Å². The average Bonchev–Trinajstić information content (AvgIpc) is 2.84. The fourth-order valence-electron chi connectivity index (χ4n) is 3.63. The lowest BCUT2D eigenvalue weighted by Crippen LogP contribution is -2.38. The highest BCUT2D eigenvalue weighted by Crippen LogP contribution is 2.35. The number of carbonyl (C=O) groups excluding carboxylic acids is 3. The lowest BCUT2D eigenvalue weighted by Gasteiger charge is -2.32. The lowest BCUT2D eigenvalue weighted by molar-refractivity contribution is -0.384. The number of hydrogen-bond donors (Lipinski definition) is 0. The Hall–Kier alpha value is -4.15. The molecule has 186 valence electrons. The summed E-state index contributed by atoms with van der Waals surface area (Å²) >= 11 is 0. The number of methoxy groups -OCH3 is 1. The van der Waals surface area contributed by atoms with Gasteiger partial charge in [0.1, 0.15) is 29.7 Å². The standard InChI is InChI=1S/C24H26N2O9/c1-3-33-24(29)35-18-10-12-25(13-11-18)21-14-19(8-9-20(21)26(30)31)34-17-6-4-16(5-7-17)22(27)15-23(28)32-2/h4-9,14,18H,3,10-13,15H2,1-2H3. The molecule has 0 N–H and O–H groups in total. The number of esters is 1. The zero-order valence-corrected chi connectivity index (χ0v) is 19.4. The van der Waals surface area contributed by atoms with Gasteiger partial charge in [-0.3, -0.25) is 19.7 Å². The summed E-state index contributed by atoms with van der Waals surface area (Å²) in [5.41, 5.74) is 0.665. The molecule has 1 heterocycles. The molecule has 1 aliphatic rings. The number of benzene rings is 2. The molecule has 11 heteroatoms. The van der Waals surface area contributed by atoms with Crippen LogP contribution >= 0.6 is 0 Å². The van der Waals surface area contributed by atoms with Gasteiger partial charge in [0.25, 0.3) is 5.69 Å². The Morgan fingerprint density at radius 2 is 1.71 bits per heavy atom. The maximum atomic E-state index is 12.1. The second-order valence-corrected chi connectivity index (χ2v) is 7.70. The molecule has 0 aromatic heterocycles. The summed E-state index contributed by atoms with van der Waals surface area (Å²) < 4.78 is 20.4. The van der Waals surface area contributed by atoms with Gasteiger partial charge in [0, 0.05) is 43.6 Å². The Bertz CT molecular complexity index is 1080. The van der Waals surface area contributed by atoms with Crippen LogP contribution < -0.4 is 9.64 Å². The molecule has 0 aliphatic carbocycles. The van der Waals surface area contributed by atoms with Gasteiger partial charge in [-0.25, -0.2) is 4.79 Å². The maximum absolute atomic E-state index is 12.1. The number of nitro groups is 1. The molecule has 35 heavy (non-hydrogen) atoms. The minimum atomic E-state index is -0.717. The zero-order valence-electron chi connectivity index (χ0n) is 19.4. The molecule has 2 aromatic carbocycles. The van der Waals surface area contributed by atoms with Gasteiger partial charge in [-0.1, -0.05) is 0 Å². The van der Waals surface area contributed by atoms with Gasteiger partial charge < -0.3 is 23.8 Å². The largest absolute Gasteiger partial charge is 0.508 e. The van der Waals surface area contributed by atoms with E-state index in [0.717, 1.165) is 0 Å². The van der Waals surface area contributed by atoms with Crippen molar-refractivity contribution in [1.82, 2.24) is 0 Å². The molecule has 11 nitrogen and oxygen atoms in total. The first kappa shape index (κ1) is 25.5. The smallest absolute Gasteiger partial charge is 0.469 e. The van der Waals surface area contributed by atoms with Gasteiger partial charge in [0.05, 0.1) is 18.6 Å². The molecular weight excluding hydrogens is 460 g/mol. The number of Topliss-reactive ketones (excluding diaryl/α,β-unsaturated/α-hetero) is 1. The number of ketones is 1. The Morgan fingerprint density at radius 3 is 2.31 bits per heavy atom. The SMILES string of the molecule is CCOC(=O)OC1CCN(c2cc(Oc3ccc(C(=O)CC(=O)OC)cc3)ccc2[N+](=O)[O-])CC1. The molecule has 0 saturated carbocycles. The van der Waals surface area contributed by atoms with Crippen LogP contribution in [0.25, 0.3) is 0 Å². The fourth-order valence-corrected chi connectivity index (χ4v) is 3.63. The summed E-state index contributed by atoms with van der Waals surface area (Å²) in [6, 6.07) is 10.7. The number of piperidine rings is 1. The van der Waals surface area contributed by atoms with Gasteiger partial charge in [-0.15, -0.1) is 0 Å². The van der Waals surface area contributed by atoms with Crippen LogP contribution in [0.5, 0.6) is 11.5 Å². The third-order valence-electron chi connectivity index (χ3n) is 5.40. The van der Waals surface area contributed by atoms with Crippen molar-refractivity contribution in [3.8, 4) is 11.5 Å². The summed E-state index contributed by atoms with van der Waals surface area (Å²) in [5.74, 6) is -0.202. The predicted octanol–water partition coefficient (Wildman–Crippen LogP) is 4.27. The summed E-state index contributed by atoms with van der Waals surface area (Å²) in [5, 5.41) is 11.6. The van der Waals surface area contributed by atoms with E-state index in [1.165, 1.54) is 31.4 Å². The molecule has 1 saturated heterocycles. The van der Waals surface area contributed by atoms with Gasteiger partial charge in [-0.2, -0.15) is 0 Å². The van der Waals surface area contributed by atoms with E-state index in [1.54, 1.807) is 25.1 Å². The molecule has 0 bridgehead atoms. The van der Waals surface area contributed by atoms with E-state index in [1.807, 2.05) is 4.90 Å². The number of ether oxygens (including phenoxy) is 4. The third kappa shape index (κ3) is 6.92. The Kier molecular flexibility index (Phi) is 8.60. The van der Waals surface area contributed by atoms with E-state index >= 15 is 0 Å². The summed E-state index contributed by atoms with van der Waals surface area (Å²) in [6.07, 6.45) is -0.386. The first-order valence-electron chi connectivity index (χ1n) is 11.1. The van der Waals surface area contributed by atoms with Crippen molar-refractivity contribution >= 4 is 29.3 Å². The molecule has 0 amide bonds. The van der Waals surface area contributed by atoms with Crippen molar-refractivity contribution in [2.45, 2.75) is 32.3 Å². The highest BCUT2D eigenvalue weighted by Gasteiger charge is 2.27. The third-order valence-corrected chi connectivity index (χ3v) is 5.40. The highest BCUT2D eigenvalue weighted by atomic mass is 16.7. The van der Waals surface area contributed by atoms with Crippen LogP contribution in [0.2, 0.25) is 0 Å². The van der Waals surface area contributed by atoms with Crippen molar-refractivity contribution in [1.29, 1.82) is 0 Å². The molecule has 1 aliphatic heterocycles. The monoisotopic (exact) mass is 486 g/mol. The van der Waals surface area contributed by atoms with Crippen molar-refractivity contribution in [3.05, 3.63) is 58.1 Å². The van der Waals surface area contributed by atoms with Crippen molar-refractivity contribution in [2.24, 2.45) is 0 Å². The number of nitrogens with zero attached hydrogens (tertiary/aromatic N) is 2. The summed E-state index contributed by atoms with van der Waals surface area (Å²) in [6.45, 7) is 2.82. The quantitative estimate of drug-likeness (QED) is 0.166. The van der Waals surface area contributed by atoms with E-state index in [-0.39, 0.29) is 30.6 Å². The minimum absolute atomic E-state index is 0.0640. The average molecular weight is 486 g/mol. The maximum Gasteiger partial charge on any atom is 0.508 e. The predicted molar refractivity (Wildman–Crippen MR) is 124 cm³/mol. The van der Waals surface area contributed by atoms with Gasteiger partial charge in [-0.05, 0) is 37.3 Å². The van der Waals surface area contributed by atoms with Gasteiger partial charge in [0.2, 0.25) is 0 Å². The van der Waals surface area contributed by atoms with Crippen LogP contribution in [-0.4, -0.2) is 55.7 Å². The highest BCUT2D eigenvalue weighted by molar-refractivity contribution is 6.05. The van der Waals surface area contributed by atoms with Crippen LogP contribution in [-0.2, 0) is 19.0 Å². The molecule has 0 unspecified atom stereocenters. The Balaban J connectivity index is 1.69. The van der Waals surface area contributed by atoms with E-state index in [9.17, 15) is 24.5 Å². The first-order valence-corrected chi connectivity index (χ1v) is 11.1. The Labute approximate surface area is 201 Å². The van der Waals surface area contributed by atoms with E-state index < -0.39 is 17.0 Å². The first-order chi connectivity index (χ1) is 16.8. The Morgan fingerprint density at radius 1 is 1.06 bits per heavy atom. The van der Waals surface area contributed by atoms with Crippen molar-refractivity contribution in [3.63, 3.8) is 0 Å². The second-order valence-electron chi connectivity index (χ2n) is 7.70. The van der Waals surface area contributed by atoms with Gasteiger partial charge in [0.15, 0.2) is 5.78 Å². The molecule has 2 aromatic rings. The molecule has 1 fully saturated rings. The van der Waals surface area contributed by atoms with Gasteiger partial charge >= 0.3 is 12.1 Å². The van der Waals surface area contributed by atoms with Crippen LogP contribution in [0.4, 0.5) is 16.2 Å². The van der Waals surface area contributed by atoms with Crippen LogP contribution in [0.1, 0.15) is 36.5 Å². The van der Waals surface area contributed by atoms with Crippen LogP contribution in [0.15, 0.2) is 42.5 Å². The second kappa shape index (κ2) is 11.8. The molecular formula is C24H26N2O9. The molecule has 0 spiro atoms. The minimum Gasteiger partial charge on any atom is -0.469 e. The topological polar surface area (TPSA) is 135 Å². The number of anilines is 1. The van der Waals surface area contributed by atoms with E-state index in [2.05, 4.69) is 4.74 Å². The summed E-state index contributed by atoms with van der Waals surface area (Å²) in [4.78, 5) is 47.9. The van der Waals surface area contributed by atoms with E-state index in [4.69, 9.17) is 14.2 Å². The zero-order chi connectivity index (χ0) is 25.4. The van der Waals surface area contributed by atoms with Crippen LogP contribution in [0.3, 0.4) is 0 Å². The van der Waals surface area contributed by atoms with Crippen molar-refractivity contribution in [2.75, 3.05) is 31.7 Å². The number of hydrogen-bond acceptors (Lipinski definition) is 10. The molecule has 3 rings (SSSR count). The fraction of sp³-hybridized carbons (Fsp3) is 0.375. The number of rotatable bonds is 9. The molecule has 0 radical (unpaired) electrons. The number of carbonyl (C=O) groups is 3. The summed E-state index contributed by atoms with van der Waals surface area (Å²) in [7, 11) is 1.21. The number of nitro benzene ring substituents is 1. The van der Waals surface area contributed by atoms with Crippen molar-refractivity contribution < 1.29 is 38.3 Å². The van der Waals surface area contributed by atoms with Crippen LogP contribution in [0, 0.1) is 10.1 Å². The lowest BCUT2D eigenvalue weighted by atomic mass is 10.1. The normalized spacial score (nSPS) is 13.6.